The fourth-order valence-electron chi connectivity index (χ4n) is 2.67. The summed E-state index contributed by atoms with van der Waals surface area (Å²) >= 11 is 1.37. The Kier molecular flexibility index (Phi) is 6.66. The van der Waals surface area contributed by atoms with Gasteiger partial charge in [0.25, 0.3) is 5.91 Å². The largest absolute Gasteiger partial charge is 0.493 e. The van der Waals surface area contributed by atoms with E-state index < -0.39 is 0 Å². The van der Waals surface area contributed by atoms with Crippen LogP contribution in [0.4, 0.5) is 5.13 Å². The maximum absolute atomic E-state index is 12.2. The number of amides is 1. The number of nitrogens with zero attached hydrogens (tertiary/aromatic N) is 1. The molecule has 3 aromatic rings. The number of para-hydroxylation sites is 1. The van der Waals surface area contributed by atoms with Gasteiger partial charge < -0.3 is 9.47 Å². The lowest BCUT2D eigenvalue weighted by Crippen LogP contribution is -2.20. The van der Waals surface area contributed by atoms with Crippen molar-refractivity contribution in [3.05, 3.63) is 59.5 Å². The van der Waals surface area contributed by atoms with Crippen LogP contribution in [0, 0.1) is 0 Å². The van der Waals surface area contributed by atoms with Crippen LogP contribution in [0.3, 0.4) is 0 Å². The van der Waals surface area contributed by atoms with Crippen molar-refractivity contribution in [2.45, 2.75) is 26.7 Å². The summed E-state index contributed by atoms with van der Waals surface area (Å²) in [7, 11) is 0. The molecule has 0 spiro atoms. The second-order valence-corrected chi connectivity index (χ2v) is 7.39. The molecule has 5 nitrogen and oxygen atoms in total. The molecule has 0 atom stereocenters. The maximum atomic E-state index is 12.2. The van der Waals surface area contributed by atoms with Gasteiger partial charge in [0, 0.05) is 10.9 Å². The summed E-state index contributed by atoms with van der Waals surface area (Å²) < 4.78 is 11.2. The van der Waals surface area contributed by atoms with Crippen LogP contribution in [0.1, 0.15) is 32.3 Å². The molecule has 1 N–H and O–H groups in total. The Morgan fingerprint density at radius 3 is 2.57 bits per heavy atom. The SMILES string of the molecule is CCOc1ccccc1-c1csc(NC(=O)COc2ccc(C(C)C)cc2)n1. The van der Waals surface area contributed by atoms with Gasteiger partial charge >= 0.3 is 0 Å². The van der Waals surface area contributed by atoms with Crippen molar-refractivity contribution in [1.82, 2.24) is 4.98 Å². The molecular formula is C22H24N2O3S. The summed E-state index contributed by atoms with van der Waals surface area (Å²) in [6, 6.07) is 15.5. The number of carbonyl (C=O) groups is 1. The molecule has 1 aromatic heterocycles. The smallest absolute Gasteiger partial charge is 0.264 e. The molecule has 0 saturated carbocycles. The van der Waals surface area contributed by atoms with Gasteiger partial charge in [-0.2, -0.15) is 0 Å². The van der Waals surface area contributed by atoms with Gasteiger partial charge in [0.15, 0.2) is 11.7 Å². The number of nitrogens with one attached hydrogen (secondary N) is 1. The molecule has 0 unspecified atom stereocenters. The van der Waals surface area contributed by atoms with E-state index in [2.05, 4.69) is 24.1 Å². The first-order valence-corrected chi connectivity index (χ1v) is 10.1. The number of anilines is 1. The number of ether oxygens (including phenoxy) is 2. The van der Waals surface area contributed by atoms with Crippen LogP contribution in [0.5, 0.6) is 11.5 Å². The number of hydrogen-bond acceptors (Lipinski definition) is 5. The van der Waals surface area contributed by atoms with Gasteiger partial charge in [-0.15, -0.1) is 11.3 Å². The van der Waals surface area contributed by atoms with Crippen LogP contribution in [0.15, 0.2) is 53.9 Å². The van der Waals surface area contributed by atoms with Crippen LogP contribution in [0.25, 0.3) is 11.3 Å². The number of thiazole rings is 1. The quantitative estimate of drug-likeness (QED) is 0.558. The summed E-state index contributed by atoms with van der Waals surface area (Å²) in [5.41, 5.74) is 2.91. The monoisotopic (exact) mass is 396 g/mol. The molecule has 0 aliphatic rings. The summed E-state index contributed by atoms with van der Waals surface area (Å²) in [4.78, 5) is 16.7. The summed E-state index contributed by atoms with van der Waals surface area (Å²) in [6.45, 7) is 6.74. The van der Waals surface area contributed by atoms with E-state index in [0.29, 0.717) is 23.4 Å². The van der Waals surface area contributed by atoms with Gasteiger partial charge in [-0.3, -0.25) is 10.1 Å². The molecule has 0 saturated heterocycles. The van der Waals surface area contributed by atoms with Crippen molar-refractivity contribution in [3.8, 4) is 22.8 Å². The number of aromatic nitrogens is 1. The molecule has 6 heteroatoms. The Morgan fingerprint density at radius 1 is 1.11 bits per heavy atom. The van der Waals surface area contributed by atoms with Crippen molar-refractivity contribution < 1.29 is 14.3 Å². The van der Waals surface area contributed by atoms with Crippen LogP contribution in [-0.4, -0.2) is 24.1 Å². The average Bonchev–Trinajstić information content (AvgIpc) is 3.15. The second-order valence-electron chi connectivity index (χ2n) is 6.53. The highest BCUT2D eigenvalue weighted by Crippen LogP contribution is 2.32. The molecule has 0 aliphatic carbocycles. The molecule has 2 aromatic carbocycles. The molecule has 1 amide bonds. The van der Waals surface area contributed by atoms with Gasteiger partial charge in [-0.25, -0.2) is 4.98 Å². The molecule has 1 heterocycles. The number of rotatable bonds is 8. The van der Waals surface area contributed by atoms with Gasteiger partial charge in [0.1, 0.15) is 11.5 Å². The van der Waals surface area contributed by atoms with E-state index in [-0.39, 0.29) is 12.5 Å². The van der Waals surface area contributed by atoms with Gasteiger partial charge in [-0.05, 0) is 42.7 Å². The van der Waals surface area contributed by atoms with Crippen molar-refractivity contribution in [2.75, 3.05) is 18.5 Å². The third kappa shape index (κ3) is 5.10. The first-order chi connectivity index (χ1) is 13.6. The molecule has 146 valence electrons. The Bertz CT molecular complexity index is 920. The van der Waals surface area contributed by atoms with Crippen LogP contribution in [-0.2, 0) is 4.79 Å². The number of benzene rings is 2. The minimum atomic E-state index is -0.244. The van der Waals surface area contributed by atoms with Crippen molar-refractivity contribution in [2.24, 2.45) is 0 Å². The van der Waals surface area contributed by atoms with Crippen molar-refractivity contribution in [3.63, 3.8) is 0 Å². The zero-order valence-corrected chi connectivity index (χ0v) is 17.1. The number of carbonyl (C=O) groups excluding carboxylic acids is 1. The Hall–Kier alpha value is -2.86. The van der Waals surface area contributed by atoms with Gasteiger partial charge in [-0.1, -0.05) is 38.1 Å². The van der Waals surface area contributed by atoms with E-state index in [1.54, 1.807) is 0 Å². The van der Waals surface area contributed by atoms with E-state index in [9.17, 15) is 4.79 Å². The van der Waals surface area contributed by atoms with Gasteiger partial charge in [0.2, 0.25) is 0 Å². The first-order valence-electron chi connectivity index (χ1n) is 9.27. The molecule has 0 bridgehead atoms. The first kappa shape index (κ1) is 19.9. The molecule has 0 fully saturated rings. The third-order valence-corrected chi connectivity index (χ3v) is 4.89. The topological polar surface area (TPSA) is 60.5 Å². The summed E-state index contributed by atoms with van der Waals surface area (Å²) in [6.07, 6.45) is 0. The van der Waals surface area contributed by atoms with E-state index >= 15 is 0 Å². The molecule has 0 radical (unpaired) electrons. The Labute approximate surface area is 169 Å². The summed E-state index contributed by atoms with van der Waals surface area (Å²) in [5, 5.41) is 5.22. The van der Waals surface area contributed by atoms with Gasteiger partial charge in [0.05, 0.1) is 12.3 Å². The van der Waals surface area contributed by atoms with Crippen LogP contribution < -0.4 is 14.8 Å². The lowest BCUT2D eigenvalue weighted by atomic mass is 10.0. The average molecular weight is 397 g/mol. The van der Waals surface area contributed by atoms with E-state index in [1.165, 1.54) is 16.9 Å². The van der Waals surface area contributed by atoms with Crippen molar-refractivity contribution >= 4 is 22.4 Å². The number of hydrogen-bond donors (Lipinski definition) is 1. The second kappa shape index (κ2) is 9.37. The lowest BCUT2D eigenvalue weighted by molar-refractivity contribution is -0.118. The van der Waals surface area contributed by atoms with E-state index in [0.717, 1.165) is 17.0 Å². The third-order valence-electron chi connectivity index (χ3n) is 4.13. The van der Waals surface area contributed by atoms with E-state index in [1.807, 2.05) is 60.8 Å². The highest BCUT2D eigenvalue weighted by molar-refractivity contribution is 7.14. The molecule has 3 rings (SSSR count). The fourth-order valence-corrected chi connectivity index (χ4v) is 3.39. The normalized spacial score (nSPS) is 10.7. The Balaban J connectivity index is 1.58. The molecule has 28 heavy (non-hydrogen) atoms. The zero-order valence-electron chi connectivity index (χ0n) is 16.3. The molecule has 0 aliphatic heterocycles. The highest BCUT2D eigenvalue weighted by Gasteiger charge is 2.12. The Morgan fingerprint density at radius 2 is 1.86 bits per heavy atom. The van der Waals surface area contributed by atoms with Crippen LogP contribution >= 0.6 is 11.3 Å². The predicted molar refractivity (Wildman–Crippen MR) is 113 cm³/mol. The summed E-state index contributed by atoms with van der Waals surface area (Å²) in [5.74, 6) is 1.67. The fraction of sp³-hybridized carbons (Fsp3) is 0.273. The minimum absolute atomic E-state index is 0.0640. The highest BCUT2D eigenvalue weighted by atomic mass is 32.1. The lowest BCUT2D eigenvalue weighted by Gasteiger charge is -2.09. The van der Waals surface area contributed by atoms with Crippen LogP contribution in [0.2, 0.25) is 0 Å². The minimum Gasteiger partial charge on any atom is -0.493 e. The molecular weight excluding hydrogens is 372 g/mol. The standard InChI is InChI=1S/C22H24N2O3S/c1-4-26-20-8-6-5-7-18(20)19-14-28-22(23-19)24-21(25)13-27-17-11-9-16(10-12-17)15(2)3/h5-12,14-15H,4,13H2,1-3H3,(H,23,24,25). The predicted octanol–water partition coefficient (Wildman–Crippen LogP) is 5.35. The zero-order chi connectivity index (χ0) is 19.9. The van der Waals surface area contributed by atoms with E-state index in [4.69, 9.17) is 9.47 Å². The van der Waals surface area contributed by atoms with Crippen molar-refractivity contribution in [1.29, 1.82) is 0 Å². The maximum Gasteiger partial charge on any atom is 0.264 e.